The monoisotopic (exact) mass is 236 g/mol. The maximum Gasteiger partial charge on any atom is 0.311 e. The molecule has 5 nitrogen and oxygen atoms in total. The van der Waals surface area contributed by atoms with E-state index in [4.69, 9.17) is 4.74 Å². The van der Waals surface area contributed by atoms with Gasteiger partial charge in [0, 0.05) is 24.4 Å². The van der Waals surface area contributed by atoms with Crippen LogP contribution < -0.4 is 10.1 Å². The Kier molecular flexibility index (Phi) is 3.17. The molecule has 0 aromatic heterocycles. The van der Waals surface area contributed by atoms with E-state index in [-0.39, 0.29) is 5.69 Å². The van der Waals surface area contributed by atoms with Crippen molar-refractivity contribution in [1.82, 2.24) is 0 Å². The van der Waals surface area contributed by atoms with Gasteiger partial charge < -0.3 is 10.1 Å². The van der Waals surface area contributed by atoms with Gasteiger partial charge in [-0.05, 0) is 24.3 Å². The van der Waals surface area contributed by atoms with Crippen LogP contribution in [-0.4, -0.2) is 18.6 Å². The quantitative estimate of drug-likeness (QED) is 0.630. The van der Waals surface area contributed by atoms with Gasteiger partial charge in [0.25, 0.3) is 0 Å². The Balaban J connectivity index is 2.05. The number of hydrogen-bond acceptors (Lipinski definition) is 4. The molecule has 2 atom stereocenters. The van der Waals surface area contributed by atoms with Crippen LogP contribution in [0.15, 0.2) is 18.2 Å². The Hall–Kier alpha value is -1.78. The number of nitrogens with zero attached hydrogens (tertiary/aromatic N) is 1. The SMILES string of the molecule is COc1cc(NCC2CC2C)ccc1[N+](=O)[O-]. The van der Waals surface area contributed by atoms with Gasteiger partial charge in [0.2, 0.25) is 0 Å². The van der Waals surface area contributed by atoms with Crippen LogP contribution in [0, 0.1) is 22.0 Å². The van der Waals surface area contributed by atoms with Crippen LogP contribution in [0.3, 0.4) is 0 Å². The summed E-state index contributed by atoms with van der Waals surface area (Å²) < 4.78 is 5.01. The van der Waals surface area contributed by atoms with E-state index in [1.807, 2.05) is 0 Å². The van der Waals surface area contributed by atoms with Gasteiger partial charge in [0.1, 0.15) is 0 Å². The Morgan fingerprint density at radius 2 is 2.29 bits per heavy atom. The molecule has 92 valence electrons. The summed E-state index contributed by atoms with van der Waals surface area (Å²) in [5.74, 6) is 1.82. The molecular formula is C12H16N2O3. The smallest absolute Gasteiger partial charge is 0.311 e. The fraction of sp³-hybridized carbons (Fsp3) is 0.500. The molecule has 0 heterocycles. The van der Waals surface area contributed by atoms with Gasteiger partial charge in [-0.1, -0.05) is 6.92 Å². The first-order chi connectivity index (χ1) is 8.11. The van der Waals surface area contributed by atoms with Gasteiger partial charge in [-0.2, -0.15) is 0 Å². The third kappa shape index (κ3) is 2.67. The number of hydrogen-bond donors (Lipinski definition) is 1. The van der Waals surface area contributed by atoms with Gasteiger partial charge in [-0.15, -0.1) is 0 Å². The van der Waals surface area contributed by atoms with Crippen LogP contribution in [0.2, 0.25) is 0 Å². The molecular weight excluding hydrogens is 220 g/mol. The average molecular weight is 236 g/mol. The molecule has 5 heteroatoms. The van der Waals surface area contributed by atoms with Crippen LogP contribution in [0.4, 0.5) is 11.4 Å². The second-order valence-electron chi connectivity index (χ2n) is 4.50. The molecule has 1 N–H and O–H groups in total. The van der Waals surface area contributed by atoms with E-state index >= 15 is 0 Å². The molecule has 1 saturated carbocycles. The second-order valence-corrected chi connectivity index (χ2v) is 4.50. The molecule has 0 saturated heterocycles. The van der Waals surface area contributed by atoms with Crippen molar-refractivity contribution in [2.24, 2.45) is 11.8 Å². The second kappa shape index (κ2) is 4.61. The zero-order chi connectivity index (χ0) is 12.4. The van der Waals surface area contributed by atoms with E-state index in [0.29, 0.717) is 5.75 Å². The number of nitro groups is 1. The summed E-state index contributed by atoms with van der Waals surface area (Å²) in [4.78, 5) is 10.3. The van der Waals surface area contributed by atoms with Gasteiger partial charge >= 0.3 is 5.69 Å². The van der Waals surface area contributed by atoms with Crippen molar-refractivity contribution in [3.05, 3.63) is 28.3 Å². The summed E-state index contributed by atoms with van der Waals surface area (Å²) in [7, 11) is 1.44. The molecule has 2 unspecified atom stereocenters. The average Bonchev–Trinajstić information content (AvgIpc) is 3.02. The Labute approximate surface area is 99.9 Å². The molecule has 1 aliphatic carbocycles. The zero-order valence-corrected chi connectivity index (χ0v) is 9.97. The fourth-order valence-electron chi connectivity index (χ4n) is 1.87. The molecule has 1 fully saturated rings. The van der Waals surface area contributed by atoms with Crippen molar-refractivity contribution in [2.75, 3.05) is 19.0 Å². The zero-order valence-electron chi connectivity index (χ0n) is 9.97. The molecule has 17 heavy (non-hydrogen) atoms. The summed E-state index contributed by atoms with van der Waals surface area (Å²) >= 11 is 0. The molecule has 0 bridgehead atoms. The summed E-state index contributed by atoms with van der Waals surface area (Å²) in [5.41, 5.74) is 0.865. The molecule has 2 rings (SSSR count). The van der Waals surface area contributed by atoms with E-state index < -0.39 is 4.92 Å². The predicted molar refractivity (Wildman–Crippen MR) is 65.4 cm³/mol. The number of nitro benzene ring substituents is 1. The Morgan fingerprint density at radius 1 is 1.59 bits per heavy atom. The summed E-state index contributed by atoms with van der Waals surface area (Å²) in [6.45, 7) is 3.14. The first kappa shape index (κ1) is 11.7. The van der Waals surface area contributed by atoms with Crippen molar-refractivity contribution < 1.29 is 9.66 Å². The number of nitrogens with one attached hydrogen (secondary N) is 1. The number of methoxy groups -OCH3 is 1. The van der Waals surface area contributed by atoms with Gasteiger partial charge in [0.15, 0.2) is 5.75 Å². The predicted octanol–water partition coefficient (Wildman–Crippen LogP) is 2.67. The van der Waals surface area contributed by atoms with Crippen molar-refractivity contribution >= 4 is 11.4 Å². The highest BCUT2D eigenvalue weighted by Crippen LogP contribution is 2.38. The minimum atomic E-state index is -0.439. The van der Waals surface area contributed by atoms with Crippen LogP contribution in [0.25, 0.3) is 0 Å². The lowest BCUT2D eigenvalue weighted by atomic mass is 10.2. The lowest BCUT2D eigenvalue weighted by Gasteiger charge is -2.07. The molecule has 0 radical (unpaired) electrons. The fourth-order valence-corrected chi connectivity index (χ4v) is 1.87. The highest BCUT2D eigenvalue weighted by Gasteiger charge is 2.31. The van der Waals surface area contributed by atoms with Gasteiger partial charge in [0.05, 0.1) is 12.0 Å². The van der Waals surface area contributed by atoms with Crippen LogP contribution in [-0.2, 0) is 0 Å². The van der Waals surface area contributed by atoms with Crippen LogP contribution in [0.5, 0.6) is 5.75 Å². The summed E-state index contributed by atoms with van der Waals surface area (Å²) in [6.07, 6.45) is 1.26. The molecule has 1 aromatic carbocycles. The van der Waals surface area contributed by atoms with Crippen molar-refractivity contribution in [3.63, 3.8) is 0 Å². The highest BCUT2D eigenvalue weighted by molar-refractivity contribution is 5.58. The van der Waals surface area contributed by atoms with E-state index in [9.17, 15) is 10.1 Å². The largest absolute Gasteiger partial charge is 0.490 e. The molecule has 0 amide bonds. The lowest BCUT2D eigenvalue weighted by molar-refractivity contribution is -0.385. The molecule has 1 aliphatic rings. The minimum absolute atomic E-state index is 0.00200. The topological polar surface area (TPSA) is 64.4 Å². The van der Waals surface area contributed by atoms with Gasteiger partial charge in [-0.3, -0.25) is 10.1 Å². The van der Waals surface area contributed by atoms with E-state index in [2.05, 4.69) is 12.2 Å². The van der Waals surface area contributed by atoms with E-state index in [1.165, 1.54) is 19.6 Å². The number of benzene rings is 1. The summed E-state index contributed by atoms with van der Waals surface area (Å²) in [6, 6.07) is 4.86. The number of rotatable bonds is 5. The molecule has 0 aliphatic heterocycles. The van der Waals surface area contributed by atoms with Crippen LogP contribution in [0.1, 0.15) is 13.3 Å². The number of anilines is 1. The highest BCUT2D eigenvalue weighted by atomic mass is 16.6. The summed E-state index contributed by atoms with van der Waals surface area (Å²) in [5, 5.41) is 14.0. The maximum atomic E-state index is 10.7. The van der Waals surface area contributed by atoms with E-state index in [0.717, 1.165) is 24.1 Å². The Bertz CT molecular complexity index is 434. The van der Waals surface area contributed by atoms with Crippen molar-refractivity contribution in [1.29, 1.82) is 0 Å². The third-order valence-corrected chi connectivity index (χ3v) is 3.22. The molecule has 1 aromatic rings. The normalized spacial score (nSPS) is 22.0. The molecule has 0 spiro atoms. The van der Waals surface area contributed by atoms with Gasteiger partial charge in [-0.25, -0.2) is 0 Å². The van der Waals surface area contributed by atoms with Crippen LogP contribution >= 0.6 is 0 Å². The Morgan fingerprint density at radius 3 is 2.82 bits per heavy atom. The maximum absolute atomic E-state index is 10.7. The lowest BCUT2D eigenvalue weighted by Crippen LogP contribution is -2.04. The first-order valence-corrected chi connectivity index (χ1v) is 5.68. The number of ether oxygens (including phenoxy) is 1. The standard InChI is InChI=1S/C12H16N2O3/c1-8-5-9(8)7-13-10-3-4-11(14(15)16)12(6-10)17-2/h3-4,6,8-9,13H,5,7H2,1-2H3. The first-order valence-electron chi connectivity index (χ1n) is 5.68. The minimum Gasteiger partial charge on any atom is -0.490 e. The third-order valence-electron chi connectivity index (χ3n) is 3.22. The van der Waals surface area contributed by atoms with Crippen molar-refractivity contribution in [2.45, 2.75) is 13.3 Å². The van der Waals surface area contributed by atoms with E-state index in [1.54, 1.807) is 12.1 Å². The van der Waals surface area contributed by atoms with Crippen molar-refractivity contribution in [3.8, 4) is 5.75 Å².